The lowest BCUT2D eigenvalue weighted by Crippen LogP contribution is -2.48. The standard InChI is InChI=1S/C12H24N2O/c1-4-11(13)8-12(15)14-9(2)6-5-7-10(14)3/h9-11H,4-8,13H2,1-3H3. The zero-order valence-electron chi connectivity index (χ0n) is 10.2. The Labute approximate surface area is 93.0 Å². The molecule has 1 rings (SSSR count). The van der Waals surface area contributed by atoms with Crippen LogP contribution in [-0.2, 0) is 4.79 Å². The highest BCUT2D eigenvalue weighted by atomic mass is 16.2. The van der Waals surface area contributed by atoms with Crippen LogP contribution in [-0.4, -0.2) is 28.9 Å². The summed E-state index contributed by atoms with van der Waals surface area (Å²) in [5.74, 6) is 0.240. The van der Waals surface area contributed by atoms with Crippen molar-refractivity contribution in [3.63, 3.8) is 0 Å². The van der Waals surface area contributed by atoms with Gasteiger partial charge in [-0.15, -0.1) is 0 Å². The average Bonchev–Trinajstić information content (AvgIpc) is 2.17. The first-order chi connectivity index (χ1) is 7.06. The fourth-order valence-electron chi connectivity index (χ4n) is 2.39. The normalized spacial score (nSPS) is 28.9. The molecule has 2 N–H and O–H groups in total. The van der Waals surface area contributed by atoms with Crippen molar-refractivity contribution in [1.29, 1.82) is 0 Å². The molecule has 1 fully saturated rings. The second-order valence-corrected chi connectivity index (χ2v) is 4.80. The van der Waals surface area contributed by atoms with Crippen molar-refractivity contribution in [1.82, 2.24) is 4.90 Å². The Bertz CT molecular complexity index is 208. The van der Waals surface area contributed by atoms with E-state index in [0.717, 1.165) is 19.3 Å². The van der Waals surface area contributed by atoms with Crippen LogP contribution in [0.5, 0.6) is 0 Å². The molecule has 0 saturated carbocycles. The molecular formula is C12H24N2O. The number of carbonyl (C=O) groups excluding carboxylic acids is 1. The van der Waals surface area contributed by atoms with Crippen molar-refractivity contribution >= 4 is 5.91 Å². The summed E-state index contributed by atoms with van der Waals surface area (Å²) in [6, 6.07) is 0.814. The topological polar surface area (TPSA) is 46.3 Å². The Kier molecular flexibility index (Phi) is 4.58. The maximum Gasteiger partial charge on any atom is 0.224 e. The molecule has 88 valence electrons. The van der Waals surface area contributed by atoms with E-state index >= 15 is 0 Å². The maximum absolute atomic E-state index is 12.0. The average molecular weight is 212 g/mol. The van der Waals surface area contributed by atoms with Crippen LogP contribution < -0.4 is 5.73 Å². The Morgan fingerprint density at radius 1 is 1.40 bits per heavy atom. The molecule has 0 spiro atoms. The largest absolute Gasteiger partial charge is 0.337 e. The highest BCUT2D eigenvalue weighted by Gasteiger charge is 2.29. The maximum atomic E-state index is 12.0. The molecule has 0 aromatic rings. The van der Waals surface area contributed by atoms with Gasteiger partial charge in [0.1, 0.15) is 0 Å². The predicted molar refractivity (Wildman–Crippen MR) is 62.5 cm³/mol. The van der Waals surface area contributed by atoms with E-state index in [4.69, 9.17) is 5.73 Å². The lowest BCUT2D eigenvalue weighted by molar-refractivity contribution is -0.137. The van der Waals surface area contributed by atoms with Crippen LogP contribution in [0.2, 0.25) is 0 Å². The summed E-state index contributed by atoms with van der Waals surface area (Å²) in [4.78, 5) is 14.1. The molecule has 15 heavy (non-hydrogen) atoms. The van der Waals surface area contributed by atoms with Gasteiger partial charge in [0.25, 0.3) is 0 Å². The van der Waals surface area contributed by atoms with Crippen LogP contribution in [0.1, 0.15) is 52.9 Å². The number of nitrogens with zero attached hydrogens (tertiary/aromatic N) is 1. The summed E-state index contributed by atoms with van der Waals surface area (Å²) in [6.45, 7) is 6.32. The van der Waals surface area contributed by atoms with Gasteiger partial charge in [-0.05, 0) is 39.5 Å². The number of likely N-dealkylation sites (tertiary alicyclic amines) is 1. The van der Waals surface area contributed by atoms with Gasteiger partial charge in [0.05, 0.1) is 0 Å². The van der Waals surface area contributed by atoms with E-state index in [0.29, 0.717) is 18.5 Å². The number of carbonyl (C=O) groups is 1. The minimum atomic E-state index is 0.0267. The lowest BCUT2D eigenvalue weighted by atomic mass is 9.96. The Morgan fingerprint density at radius 3 is 2.40 bits per heavy atom. The molecule has 1 amide bonds. The molecule has 0 bridgehead atoms. The molecule has 1 saturated heterocycles. The van der Waals surface area contributed by atoms with Gasteiger partial charge in [-0.25, -0.2) is 0 Å². The van der Waals surface area contributed by atoms with Crippen LogP contribution >= 0.6 is 0 Å². The molecular weight excluding hydrogens is 188 g/mol. The predicted octanol–water partition coefficient (Wildman–Crippen LogP) is 1.90. The van der Waals surface area contributed by atoms with E-state index in [1.54, 1.807) is 0 Å². The van der Waals surface area contributed by atoms with Crippen molar-refractivity contribution in [2.75, 3.05) is 0 Å². The molecule has 1 aliphatic heterocycles. The van der Waals surface area contributed by atoms with E-state index in [2.05, 4.69) is 13.8 Å². The fourth-order valence-corrected chi connectivity index (χ4v) is 2.39. The molecule has 0 aromatic heterocycles. The van der Waals surface area contributed by atoms with Gasteiger partial charge < -0.3 is 10.6 Å². The zero-order valence-corrected chi connectivity index (χ0v) is 10.2. The van der Waals surface area contributed by atoms with Crippen LogP contribution in [0.25, 0.3) is 0 Å². The summed E-state index contributed by atoms with van der Waals surface area (Å²) in [7, 11) is 0. The molecule has 3 heteroatoms. The second-order valence-electron chi connectivity index (χ2n) is 4.80. The highest BCUT2D eigenvalue weighted by Crippen LogP contribution is 2.23. The highest BCUT2D eigenvalue weighted by molar-refractivity contribution is 5.77. The van der Waals surface area contributed by atoms with Crippen LogP contribution in [0, 0.1) is 0 Å². The number of rotatable bonds is 3. The van der Waals surface area contributed by atoms with E-state index in [1.165, 1.54) is 6.42 Å². The molecule has 3 nitrogen and oxygen atoms in total. The van der Waals surface area contributed by atoms with Gasteiger partial charge in [0, 0.05) is 24.5 Å². The third-order valence-electron chi connectivity index (χ3n) is 3.44. The number of amides is 1. The van der Waals surface area contributed by atoms with Crippen molar-refractivity contribution in [3.05, 3.63) is 0 Å². The summed E-state index contributed by atoms with van der Waals surface area (Å²) in [6.07, 6.45) is 4.90. The van der Waals surface area contributed by atoms with E-state index in [-0.39, 0.29) is 11.9 Å². The SMILES string of the molecule is CCC(N)CC(=O)N1C(C)CCCC1C. The fraction of sp³-hybridized carbons (Fsp3) is 0.917. The second kappa shape index (κ2) is 5.50. The molecule has 0 aromatic carbocycles. The van der Waals surface area contributed by atoms with Crippen LogP contribution in [0.15, 0.2) is 0 Å². The smallest absolute Gasteiger partial charge is 0.224 e. The molecule has 0 radical (unpaired) electrons. The Hall–Kier alpha value is -0.570. The number of nitrogens with two attached hydrogens (primary N) is 1. The van der Waals surface area contributed by atoms with E-state index in [9.17, 15) is 4.79 Å². The molecule has 3 atom stereocenters. The lowest BCUT2D eigenvalue weighted by Gasteiger charge is -2.39. The Balaban J connectivity index is 2.55. The molecule has 3 unspecified atom stereocenters. The monoisotopic (exact) mass is 212 g/mol. The summed E-state index contributed by atoms with van der Waals surface area (Å²) in [5.41, 5.74) is 5.82. The van der Waals surface area contributed by atoms with Gasteiger partial charge in [-0.2, -0.15) is 0 Å². The number of piperidine rings is 1. The molecule has 1 aliphatic rings. The Morgan fingerprint density at radius 2 is 1.93 bits per heavy atom. The van der Waals surface area contributed by atoms with Crippen molar-refractivity contribution < 1.29 is 4.79 Å². The minimum absolute atomic E-state index is 0.0267. The quantitative estimate of drug-likeness (QED) is 0.776. The van der Waals surface area contributed by atoms with Gasteiger partial charge in [-0.3, -0.25) is 4.79 Å². The van der Waals surface area contributed by atoms with E-state index < -0.39 is 0 Å². The third-order valence-corrected chi connectivity index (χ3v) is 3.44. The first-order valence-corrected chi connectivity index (χ1v) is 6.13. The summed E-state index contributed by atoms with van der Waals surface area (Å²) >= 11 is 0. The minimum Gasteiger partial charge on any atom is -0.337 e. The van der Waals surface area contributed by atoms with Gasteiger partial charge >= 0.3 is 0 Å². The van der Waals surface area contributed by atoms with Gasteiger partial charge in [0.2, 0.25) is 5.91 Å². The summed E-state index contributed by atoms with van der Waals surface area (Å²) < 4.78 is 0. The molecule has 1 heterocycles. The van der Waals surface area contributed by atoms with E-state index in [1.807, 2.05) is 11.8 Å². The molecule has 0 aliphatic carbocycles. The first-order valence-electron chi connectivity index (χ1n) is 6.13. The van der Waals surface area contributed by atoms with Crippen molar-refractivity contribution in [3.8, 4) is 0 Å². The third kappa shape index (κ3) is 3.20. The van der Waals surface area contributed by atoms with Crippen LogP contribution in [0.4, 0.5) is 0 Å². The first kappa shape index (κ1) is 12.5. The number of hydrogen-bond acceptors (Lipinski definition) is 2. The van der Waals surface area contributed by atoms with Gasteiger partial charge in [0.15, 0.2) is 0 Å². The van der Waals surface area contributed by atoms with Crippen molar-refractivity contribution in [2.24, 2.45) is 5.73 Å². The van der Waals surface area contributed by atoms with Crippen LogP contribution in [0.3, 0.4) is 0 Å². The summed E-state index contributed by atoms with van der Waals surface area (Å²) in [5, 5.41) is 0. The number of hydrogen-bond donors (Lipinski definition) is 1. The van der Waals surface area contributed by atoms with Gasteiger partial charge in [-0.1, -0.05) is 6.92 Å². The van der Waals surface area contributed by atoms with Crippen molar-refractivity contribution in [2.45, 2.75) is 71.0 Å². The zero-order chi connectivity index (χ0) is 11.4.